The molecule has 1 saturated heterocycles. The first-order valence-electron chi connectivity index (χ1n) is 6.90. The fourth-order valence-corrected chi connectivity index (χ4v) is 3.09. The average Bonchev–Trinajstić information content (AvgIpc) is 3.03. The summed E-state index contributed by atoms with van der Waals surface area (Å²) in [6.45, 7) is 4.06. The van der Waals surface area contributed by atoms with Gasteiger partial charge < -0.3 is 4.74 Å². The summed E-state index contributed by atoms with van der Waals surface area (Å²) in [6, 6.07) is 1.85. The lowest BCUT2D eigenvalue weighted by Gasteiger charge is -2.10. The number of cyclic esters (lactones) is 1. The molecule has 0 spiro atoms. The first-order chi connectivity index (χ1) is 10.0. The minimum absolute atomic E-state index is 0.233. The second-order valence-corrected chi connectivity index (χ2v) is 6.16. The van der Waals surface area contributed by atoms with E-state index in [-0.39, 0.29) is 18.3 Å². The molecule has 114 valence electrons. The number of carbonyl (C=O) groups is 3. The van der Waals surface area contributed by atoms with Crippen molar-refractivity contribution in [3.05, 3.63) is 21.4 Å². The Kier molecular flexibility index (Phi) is 4.95. The standard InChI is InChI=1S/C14H18N2O4S/c1-3-4-9-7-11(21-8(9)2)14(19)16-15-13(18)10-5-6-12(17)20-10/h7,10H,3-6H2,1-2H3,(H,15,18)(H,16,19)/t10-/m1/s1. The van der Waals surface area contributed by atoms with Crippen LogP contribution in [0.15, 0.2) is 6.07 Å². The number of aryl methyl sites for hydroxylation is 2. The highest BCUT2D eigenvalue weighted by molar-refractivity contribution is 7.14. The number of ether oxygens (including phenoxy) is 1. The molecule has 0 unspecified atom stereocenters. The molecule has 6 nitrogen and oxygen atoms in total. The average molecular weight is 310 g/mol. The van der Waals surface area contributed by atoms with Gasteiger partial charge in [-0.15, -0.1) is 11.3 Å². The Hall–Kier alpha value is -1.89. The van der Waals surface area contributed by atoms with Gasteiger partial charge >= 0.3 is 5.97 Å². The van der Waals surface area contributed by atoms with Crippen molar-refractivity contribution >= 4 is 29.1 Å². The van der Waals surface area contributed by atoms with Gasteiger partial charge in [0.05, 0.1) is 4.88 Å². The van der Waals surface area contributed by atoms with Gasteiger partial charge in [-0.2, -0.15) is 0 Å². The largest absolute Gasteiger partial charge is 0.452 e. The minimum atomic E-state index is -0.807. The summed E-state index contributed by atoms with van der Waals surface area (Å²) < 4.78 is 4.82. The van der Waals surface area contributed by atoms with Crippen LogP contribution in [0, 0.1) is 6.92 Å². The van der Waals surface area contributed by atoms with E-state index in [0.717, 1.165) is 23.3 Å². The van der Waals surface area contributed by atoms with Gasteiger partial charge in [-0.3, -0.25) is 25.2 Å². The molecule has 1 aliphatic heterocycles. The fourth-order valence-electron chi connectivity index (χ4n) is 2.12. The van der Waals surface area contributed by atoms with Gasteiger partial charge in [0.15, 0.2) is 6.10 Å². The molecule has 1 aromatic rings. The van der Waals surface area contributed by atoms with Crippen LogP contribution < -0.4 is 10.9 Å². The Bertz CT molecular complexity index is 567. The Balaban J connectivity index is 1.88. The lowest BCUT2D eigenvalue weighted by atomic mass is 10.1. The van der Waals surface area contributed by atoms with Crippen molar-refractivity contribution in [1.82, 2.24) is 10.9 Å². The normalized spacial score (nSPS) is 17.4. The second-order valence-electron chi connectivity index (χ2n) is 4.90. The number of thiophene rings is 1. The van der Waals surface area contributed by atoms with E-state index in [9.17, 15) is 14.4 Å². The van der Waals surface area contributed by atoms with E-state index in [0.29, 0.717) is 11.3 Å². The van der Waals surface area contributed by atoms with Gasteiger partial charge in [0.1, 0.15) is 0 Å². The molecule has 0 radical (unpaired) electrons. The molecular formula is C14H18N2O4S. The van der Waals surface area contributed by atoms with E-state index in [1.54, 1.807) is 0 Å². The molecule has 7 heteroatoms. The van der Waals surface area contributed by atoms with Crippen LogP contribution in [0.2, 0.25) is 0 Å². The van der Waals surface area contributed by atoms with Gasteiger partial charge in [-0.05, 0) is 25.0 Å². The molecule has 1 atom stereocenters. The van der Waals surface area contributed by atoms with E-state index in [2.05, 4.69) is 17.8 Å². The summed E-state index contributed by atoms with van der Waals surface area (Å²) in [6.07, 6.45) is 1.72. The van der Waals surface area contributed by atoms with Crippen molar-refractivity contribution < 1.29 is 19.1 Å². The van der Waals surface area contributed by atoms with Crippen molar-refractivity contribution in [3.8, 4) is 0 Å². The molecule has 1 aliphatic rings. The maximum atomic E-state index is 12.0. The molecule has 2 rings (SSSR count). The van der Waals surface area contributed by atoms with Crippen molar-refractivity contribution in [2.24, 2.45) is 0 Å². The zero-order chi connectivity index (χ0) is 15.4. The molecular weight excluding hydrogens is 292 g/mol. The van der Waals surface area contributed by atoms with Crippen LogP contribution in [-0.2, 0) is 20.7 Å². The van der Waals surface area contributed by atoms with Crippen molar-refractivity contribution in [2.75, 3.05) is 0 Å². The summed E-state index contributed by atoms with van der Waals surface area (Å²) in [5.74, 6) is -1.25. The summed E-state index contributed by atoms with van der Waals surface area (Å²) in [5, 5.41) is 0. The Morgan fingerprint density at radius 1 is 1.43 bits per heavy atom. The highest BCUT2D eigenvalue weighted by Crippen LogP contribution is 2.22. The van der Waals surface area contributed by atoms with E-state index in [1.807, 2.05) is 13.0 Å². The number of amides is 2. The van der Waals surface area contributed by atoms with Gasteiger partial charge in [-0.1, -0.05) is 13.3 Å². The third-order valence-electron chi connectivity index (χ3n) is 3.24. The number of nitrogens with one attached hydrogen (secondary N) is 2. The van der Waals surface area contributed by atoms with Gasteiger partial charge in [0.25, 0.3) is 11.8 Å². The van der Waals surface area contributed by atoms with E-state index >= 15 is 0 Å². The molecule has 1 fully saturated rings. The highest BCUT2D eigenvalue weighted by Gasteiger charge is 2.30. The summed E-state index contributed by atoms with van der Waals surface area (Å²) in [7, 11) is 0. The molecule has 21 heavy (non-hydrogen) atoms. The van der Waals surface area contributed by atoms with Crippen molar-refractivity contribution in [1.29, 1.82) is 0 Å². The molecule has 2 amide bonds. The number of hydrogen-bond donors (Lipinski definition) is 2. The maximum absolute atomic E-state index is 12.0. The van der Waals surface area contributed by atoms with Gasteiger partial charge in [-0.25, -0.2) is 0 Å². The molecule has 0 aromatic carbocycles. The van der Waals surface area contributed by atoms with Gasteiger partial charge in [0, 0.05) is 17.7 Å². The Morgan fingerprint density at radius 2 is 2.19 bits per heavy atom. The zero-order valence-electron chi connectivity index (χ0n) is 12.0. The quantitative estimate of drug-likeness (QED) is 0.651. The van der Waals surface area contributed by atoms with E-state index in [4.69, 9.17) is 4.74 Å². The minimum Gasteiger partial charge on any atom is -0.452 e. The van der Waals surface area contributed by atoms with Crippen LogP contribution in [0.3, 0.4) is 0 Å². The summed E-state index contributed by atoms with van der Waals surface area (Å²) in [5.41, 5.74) is 5.81. The third-order valence-corrected chi connectivity index (χ3v) is 4.33. The lowest BCUT2D eigenvalue weighted by molar-refractivity contribution is -0.148. The Morgan fingerprint density at radius 3 is 2.81 bits per heavy atom. The third kappa shape index (κ3) is 3.81. The molecule has 2 heterocycles. The number of carbonyl (C=O) groups excluding carboxylic acids is 3. The fraction of sp³-hybridized carbons (Fsp3) is 0.500. The van der Waals surface area contributed by atoms with Gasteiger partial charge in [0.2, 0.25) is 0 Å². The first-order valence-corrected chi connectivity index (χ1v) is 7.72. The zero-order valence-corrected chi connectivity index (χ0v) is 12.8. The SMILES string of the molecule is CCCc1cc(C(=O)NNC(=O)[C@H]2CCC(=O)O2)sc1C. The molecule has 0 bridgehead atoms. The maximum Gasteiger partial charge on any atom is 0.306 e. The number of rotatable bonds is 4. The first kappa shape index (κ1) is 15.5. The second kappa shape index (κ2) is 6.71. The molecule has 1 aromatic heterocycles. The van der Waals surface area contributed by atoms with E-state index in [1.165, 1.54) is 11.3 Å². The van der Waals surface area contributed by atoms with Crippen LogP contribution in [0.4, 0.5) is 0 Å². The molecule has 2 N–H and O–H groups in total. The Labute approximate surface area is 126 Å². The number of hydrogen-bond acceptors (Lipinski definition) is 5. The van der Waals surface area contributed by atoms with Crippen LogP contribution in [0.25, 0.3) is 0 Å². The number of hydrazine groups is 1. The topological polar surface area (TPSA) is 84.5 Å². The van der Waals surface area contributed by atoms with Crippen molar-refractivity contribution in [2.45, 2.75) is 45.6 Å². The predicted molar refractivity (Wildman–Crippen MR) is 77.8 cm³/mol. The summed E-state index contributed by atoms with van der Waals surface area (Å²) >= 11 is 1.40. The molecule has 0 saturated carbocycles. The summed E-state index contributed by atoms with van der Waals surface area (Å²) in [4.78, 5) is 36.3. The van der Waals surface area contributed by atoms with Crippen LogP contribution >= 0.6 is 11.3 Å². The van der Waals surface area contributed by atoms with Crippen LogP contribution in [0.5, 0.6) is 0 Å². The number of esters is 1. The highest BCUT2D eigenvalue weighted by atomic mass is 32.1. The predicted octanol–water partition coefficient (Wildman–Crippen LogP) is 1.48. The van der Waals surface area contributed by atoms with Crippen LogP contribution in [-0.4, -0.2) is 23.9 Å². The van der Waals surface area contributed by atoms with Crippen molar-refractivity contribution in [3.63, 3.8) is 0 Å². The monoisotopic (exact) mass is 310 g/mol. The smallest absolute Gasteiger partial charge is 0.306 e. The van der Waals surface area contributed by atoms with Crippen LogP contribution in [0.1, 0.15) is 46.3 Å². The molecule has 0 aliphatic carbocycles. The lowest BCUT2D eigenvalue weighted by Crippen LogP contribution is -2.46. The van der Waals surface area contributed by atoms with E-state index < -0.39 is 12.0 Å².